The second-order valence-corrected chi connectivity index (χ2v) is 7.12. The molecular formula is C22H17N3OS. The molecule has 0 aliphatic carbocycles. The Kier molecular flexibility index (Phi) is 5.35. The Balaban J connectivity index is 2.31. The fourth-order valence-electron chi connectivity index (χ4n) is 2.70. The van der Waals surface area contributed by atoms with Crippen LogP contribution in [0.3, 0.4) is 0 Å². The fraction of sp³-hybridized carbons (Fsp3) is 0.136. The molecule has 3 aromatic rings. The van der Waals surface area contributed by atoms with Crippen LogP contribution in [0.4, 0.5) is 0 Å². The lowest BCUT2D eigenvalue weighted by Gasteiger charge is -2.02. The Morgan fingerprint density at radius 3 is 2.26 bits per heavy atom. The maximum Gasteiger partial charge on any atom is 0.273 e. The van der Waals surface area contributed by atoms with E-state index in [9.17, 15) is 15.3 Å². The van der Waals surface area contributed by atoms with Gasteiger partial charge in [-0.1, -0.05) is 48.9 Å². The van der Waals surface area contributed by atoms with Crippen LogP contribution < -0.4 is 14.8 Å². The zero-order chi connectivity index (χ0) is 19.4. The summed E-state index contributed by atoms with van der Waals surface area (Å²) < 4.78 is 2.28. The van der Waals surface area contributed by atoms with Crippen molar-refractivity contribution in [2.45, 2.75) is 20.3 Å². The third kappa shape index (κ3) is 3.74. The average molecular weight is 371 g/mol. The van der Waals surface area contributed by atoms with E-state index in [2.05, 4.69) is 6.92 Å². The van der Waals surface area contributed by atoms with Crippen molar-refractivity contribution in [3.05, 3.63) is 84.8 Å². The molecule has 0 saturated carbocycles. The van der Waals surface area contributed by atoms with Gasteiger partial charge >= 0.3 is 0 Å². The second-order valence-electron chi connectivity index (χ2n) is 6.09. The molecule has 0 radical (unpaired) electrons. The molecule has 27 heavy (non-hydrogen) atoms. The van der Waals surface area contributed by atoms with E-state index >= 15 is 0 Å². The largest absolute Gasteiger partial charge is 0.273 e. The zero-order valence-electron chi connectivity index (χ0n) is 15.1. The number of nitriles is 2. The van der Waals surface area contributed by atoms with Gasteiger partial charge in [0.1, 0.15) is 16.8 Å². The monoisotopic (exact) mass is 371 g/mol. The van der Waals surface area contributed by atoms with E-state index in [1.807, 2.05) is 67.6 Å². The predicted molar refractivity (Wildman–Crippen MR) is 108 cm³/mol. The highest BCUT2D eigenvalue weighted by Gasteiger charge is 2.11. The van der Waals surface area contributed by atoms with E-state index in [1.54, 1.807) is 6.08 Å². The van der Waals surface area contributed by atoms with Crippen LogP contribution in [0.1, 0.15) is 23.6 Å². The van der Waals surface area contributed by atoms with Gasteiger partial charge in [-0.3, -0.25) is 9.36 Å². The molecule has 132 valence electrons. The molecule has 3 rings (SSSR count). The van der Waals surface area contributed by atoms with Crippen molar-refractivity contribution in [2.75, 3.05) is 0 Å². The summed E-state index contributed by atoms with van der Waals surface area (Å²) in [5, 5.41) is 18.6. The highest BCUT2D eigenvalue weighted by Crippen LogP contribution is 2.08. The van der Waals surface area contributed by atoms with E-state index in [1.165, 1.54) is 10.1 Å². The normalized spacial score (nSPS) is 11.0. The van der Waals surface area contributed by atoms with E-state index in [0.29, 0.717) is 14.9 Å². The highest BCUT2D eigenvalue weighted by molar-refractivity contribution is 7.07. The van der Waals surface area contributed by atoms with Gasteiger partial charge in [-0.05, 0) is 42.7 Å². The van der Waals surface area contributed by atoms with Gasteiger partial charge in [0, 0.05) is 0 Å². The minimum Gasteiger partial charge on any atom is -0.267 e. The summed E-state index contributed by atoms with van der Waals surface area (Å²) in [6, 6.07) is 19.2. The van der Waals surface area contributed by atoms with Crippen LogP contribution in [0.2, 0.25) is 0 Å². The molecule has 0 N–H and O–H groups in total. The molecule has 0 bridgehead atoms. The van der Waals surface area contributed by atoms with Gasteiger partial charge in [0.25, 0.3) is 5.56 Å². The summed E-state index contributed by atoms with van der Waals surface area (Å²) in [6.07, 6.45) is 2.75. The van der Waals surface area contributed by atoms with Crippen LogP contribution in [0, 0.1) is 29.6 Å². The number of benzene rings is 2. The summed E-state index contributed by atoms with van der Waals surface area (Å²) in [5.74, 6) is 0. The lowest BCUT2D eigenvalue weighted by molar-refractivity contribution is 0.986. The summed E-state index contributed by atoms with van der Waals surface area (Å²) >= 11 is 1.16. The number of thiazole rings is 1. The van der Waals surface area contributed by atoms with E-state index < -0.39 is 0 Å². The van der Waals surface area contributed by atoms with Crippen molar-refractivity contribution < 1.29 is 0 Å². The highest BCUT2D eigenvalue weighted by atomic mass is 32.1. The average Bonchev–Trinajstić information content (AvgIpc) is 3.00. The van der Waals surface area contributed by atoms with E-state index in [-0.39, 0.29) is 11.1 Å². The quantitative estimate of drug-likeness (QED) is 0.711. The first kappa shape index (κ1) is 18.4. The lowest BCUT2D eigenvalue weighted by atomic mass is 10.1. The second kappa shape index (κ2) is 7.86. The fourth-order valence-corrected chi connectivity index (χ4v) is 3.75. The van der Waals surface area contributed by atoms with Gasteiger partial charge in [0.05, 0.1) is 10.2 Å². The van der Waals surface area contributed by atoms with Gasteiger partial charge < -0.3 is 0 Å². The molecule has 1 aromatic heterocycles. The van der Waals surface area contributed by atoms with Gasteiger partial charge in [0.15, 0.2) is 5.57 Å². The Morgan fingerprint density at radius 2 is 1.70 bits per heavy atom. The Bertz CT molecular complexity index is 1220. The Hall–Kier alpha value is -3.41. The third-order valence-corrected chi connectivity index (χ3v) is 5.33. The summed E-state index contributed by atoms with van der Waals surface area (Å²) in [5.41, 5.74) is 3.53. The molecule has 1 heterocycles. The number of hydrogen-bond donors (Lipinski definition) is 0. The minimum atomic E-state index is -0.235. The molecule has 0 aliphatic rings. The third-order valence-electron chi connectivity index (χ3n) is 4.24. The summed E-state index contributed by atoms with van der Waals surface area (Å²) in [4.78, 5) is 13.0. The number of nitrogens with zero attached hydrogens (tertiary/aromatic N) is 3. The maximum atomic E-state index is 13.0. The molecule has 0 fully saturated rings. The van der Waals surface area contributed by atoms with Crippen molar-refractivity contribution in [2.24, 2.45) is 0 Å². The SMILES string of the molecule is CCc1ccc(/C=c2\sc(=C(C#N)C#N)n(-c3ccc(C)cc3)c2=O)cc1. The molecule has 0 aliphatic heterocycles. The molecule has 2 aromatic carbocycles. The Morgan fingerprint density at radius 1 is 1.07 bits per heavy atom. The summed E-state index contributed by atoms with van der Waals surface area (Å²) in [7, 11) is 0. The van der Waals surface area contributed by atoms with Crippen LogP contribution in [0.15, 0.2) is 53.3 Å². The maximum absolute atomic E-state index is 13.0. The number of aryl methyl sites for hydroxylation is 2. The first-order valence-corrected chi connectivity index (χ1v) is 9.33. The topological polar surface area (TPSA) is 69.6 Å². The Labute approximate surface area is 161 Å². The molecule has 0 atom stereocenters. The van der Waals surface area contributed by atoms with Crippen molar-refractivity contribution in [3.63, 3.8) is 0 Å². The van der Waals surface area contributed by atoms with Gasteiger partial charge in [-0.15, -0.1) is 11.3 Å². The van der Waals surface area contributed by atoms with E-state index in [4.69, 9.17) is 0 Å². The molecule has 4 nitrogen and oxygen atoms in total. The lowest BCUT2D eigenvalue weighted by Crippen LogP contribution is -2.30. The van der Waals surface area contributed by atoms with Crippen LogP contribution in [-0.2, 0) is 6.42 Å². The van der Waals surface area contributed by atoms with Crippen molar-refractivity contribution in [1.29, 1.82) is 10.5 Å². The van der Waals surface area contributed by atoms with Crippen LogP contribution in [-0.4, -0.2) is 4.57 Å². The zero-order valence-corrected chi connectivity index (χ0v) is 15.9. The van der Waals surface area contributed by atoms with Crippen LogP contribution in [0.25, 0.3) is 17.3 Å². The number of hydrogen-bond acceptors (Lipinski definition) is 4. The van der Waals surface area contributed by atoms with Crippen molar-refractivity contribution in [1.82, 2.24) is 4.57 Å². The van der Waals surface area contributed by atoms with Crippen molar-refractivity contribution in [3.8, 4) is 17.8 Å². The number of rotatable bonds is 3. The van der Waals surface area contributed by atoms with Crippen LogP contribution in [0.5, 0.6) is 0 Å². The first-order valence-electron chi connectivity index (χ1n) is 8.51. The standard InChI is InChI=1S/C22H17N3OS/c1-3-16-6-8-17(9-7-16)12-20-21(26)25(19-10-4-15(2)5-11-19)22(27-20)18(13-23)14-24/h4-12H,3H2,1-2H3/b20-12-. The molecular weight excluding hydrogens is 354 g/mol. The molecule has 5 heteroatoms. The van der Waals surface area contributed by atoms with Crippen molar-refractivity contribution >= 4 is 23.0 Å². The number of aromatic nitrogens is 1. The molecule has 0 spiro atoms. The minimum absolute atomic E-state index is 0.0707. The molecule has 0 unspecified atom stereocenters. The van der Waals surface area contributed by atoms with Gasteiger partial charge in [-0.25, -0.2) is 0 Å². The predicted octanol–water partition coefficient (Wildman–Crippen LogP) is 2.80. The van der Waals surface area contributed by atoms with Crippen LogP contribution >= 0.6 is 11.3 Å². The van der Waals surface area contributed by atoms with Gasteiger partial charge in [-0.2, -0.15) is 10.5 Å². The van der Waals surface area contributed by atoms with Gasteiger partial charge in [0.2, 0.25) is 0 Å². The summed E-state index contributed by atoms with van der Waals surface area (Å²) in [6.45, 7) is 4.05. The molecule has 0 saturated heterocycles. The smallest absolute Gasteiger partial charge is 0.267 e. The van der Waals surface area contributed by atoms with E-state index in [0.717, 1.165) is 28.9 Å². The first-order chi connectivity index (χ1) is 13.1. The molecule has 0 amide bonds.